The van der Waals surface area contributed by atoms with Gasteiger partial charge in [0.25, 0.3) is 0 Å². The molecule has 1 aromatic carbocycles. The lowest BCUT2D eigenvalue weighted by molar-refractivity contribution is 0.296. The highest BCUT2D eigenvalue weighted by Crippen LogP contribution is 2.27. The maximum Gasteiger partial charge on any atom is 0.380 e. The third-order valence-electron chi connectivity index (χ3n) is 1.92. The van der Waals surface area contributed by atoms with E-state index in [1.165, 1.54) is 0 Å². The highest BCUT2D eigenvalue weighted by atomic mass is 35.5. The summed E-state index contributed by atoms with van der Waals surface area (Å²) < 4.78 is 13.4. The first-order chi connectivity index (χ1) is 8.09. The van der Waals surface area contributed by atoms with E-state index in [1.54, 1.807) is 30.3 Å². The number of para-hydroxylation sites is 1. The van der Waals surface area contributed by atoms with E-state index in [-0.39, 0.29) is 10.1 Å². The predicted octanol–water partition coefficient (Wildman–Crippen LogP) is 2.62. The Morgan fingerprint density at radius 3 is 2.53 bits per heavy atom. The van der Waals surface area contributed by atoms with E-state index in [4.69, 9.17) is 23.2 Å². The average Bonchev–Trinajstić information content (AvgIpc) is 2.55. The molecule has 0 saturated carbocycles. The molecule has 0 amide bonds. The molecule has 90 valence electrons. The maximum atomic E-state index is 13.1. The Kier molecular flexibility index (Phi) is 3.76. The average molecular weight is 294 g/mol. The van der Waals surface area contributed by atoms with Gasteiger partial charge in [-0.1, -0.05) is 45.9 Å². The van der Waals surface area contributed by atoms with Crippen LogP contribution >= 0.6 is 35.0 Å². The van der Waals surface area contributed by atoms with E-state index >= 15 is 0 Å². The quantitative estimate of drug-likeness (QED) is 0.645. The number of benzene rings is 1. The fourth-order valence-electron chi connectivity index (χ4n) is 1.28. The predicted molar refractivity (Wildman–Crippen MR) is 65.7 cm³/mol. The van der Waals surface area contributed by atoms with Gasteiger partial charge >= 0.3 is 5.69 Å². The SMILES string of the molecule is O=c1n(F)nc(SC(Cl)Cl)n1-c1ccccc1. The summed E-state index contributed by atoms with van der Waals surface area (Å²) in [5.41, 5.74) is -0.398. The Labute approximate surface area is 110 Å². The fourth-order valence-corrected chi connectivity index (χ4v) is 2.33. The molecular formula is C9H6Cl2FN3OS. The van der Waals surface area contributed by atoms with Gasteiger partial charge in [0, 0.05) is 0 Å². The summed E-state index contributed by atoms with van der Waals surface area (Å²) in [5.74, 6) is 0. The number of halogens is 3. The lowest BCUT2D eigenvalue weighted by atomic mass is 10.3. The minimum Gasteiger partial charge on any atom is -0.243 e. The Balaban J connectivity index is 2.56. The molecule has 0 N–H and O–H groups in total. The topological polar surface area (TPSA) is 39.8 Å². The van der Waals surface area contributed by atoms with Gasteiger partial charge in [0.15, 0.2) is 4.17 Å². The lowest BCUT2D eigenvalue weighted by Crippen LogP contribution is -2.19. The van der Waals surface area contributed by atoms with E-state index in [2.05, 4.69) is 5.10 Å². The van der Waals surface area contributed by atoms with Crippen LogP contribution in [0.1, 0.15) is 0 Å². The van der Waals surface area contributed by atoms with Gasteiger partial charge in [0.1, 0.15) is 0 Å². The number of alkyl halides is 2. The van der Waals surface area contributed by atoms with Crippen molar-refractivity contribution in [1.29, 1.82) is 0 Å². The number of aromatic nitrogens is 3. The van der Waals surface area contributed by atoms with Crippen molar-refractivity contribution in [2.45, 2.75) is 9.32 Å². The molecule has 0 fully saturated rings. The van der Waals surface area contributed by atoms with E-state index in [0.29, 0.717) is 5.69 Å². The molecule has 0 aliphatic rings. The Bertz CT molecular complexity index is 569. The van der Waals surface area contributed by atoms with E-state index in [0.717, 1.165) is 16.3 Å². The first-order valence-corrected chi connectivity index (χ1v) is 6.23. The second kappa shape index (κ2) is 5.12. The summed E-state index contributed by atoms with van der Waals surface area (Å²) in [7, 11) is 0. The minimum atomic E-state index is -0.896. The third kappa shape index (κ3) is 2.65. The summed E-state index contributed by atoms with van der Waals surface area (Å²) in [5, 5.41) is 3.52. The van der Waals surface area contributed by atoms with Crippen molar-refractivity contribution in [3.05, 3.63) is 40.8 Å². The van der Waals surface area contributed by atoms with Crippen molar-refractivity contribution in [2.75, 3.05) is 0 Å². The Morgan fingerprint density at radius 2 is 1.94 bits per heavy atom. The van der Waals surface area contributed by atoms with Crippen LogP contribution in [-0.2, 0) is 0 Å². The molecule has 0 spiro atoms. The van der Waals surface area contributed by atoms with Crippen molar-refractivity contribution in [3.8, 4) is 5.69 Å². The van der Waals surface area contributed by atoms with E-state index in [9.17, 15) is 9.28 Å². The second-order valence-corrected chi connectivity index (χ2v) is 5.66. The van der Waals surface area contributed by atoms with Gasteiger partial charge < -0.3 is 0 Å². The Morgan fingerprint density at radius 1 is 1.29 bits per heavy atom. The molecule has 0 aliphatic carbocycles. The number of nitrogens with zero attached hydrogens (tertiary/aromatic N) is 3. The number of hydrogen-bond donors (Lipinski definition) is 0. The van der Waals surface area contributed by atoms with Crippen molar-refractivity contribution < 1.29 is 4.48 Å². The van der Waals surface area contributed by atoms with Crippen LogP contribution in [0.4, 0.5) is 4.48 Å². The minimum absolute atomic E-state index is 0.0960. The summed E-state index contributed by atoms with van der Waals surface area (Å²) in [4.78, 5) is 11.3. The molecule has 2 rings (SSSR count). The standard InChI is InChI=1S/C9H6Cl2FN3OS/c10-7(11)17-8-13-15(12)9(16)14(8)6-4-2-1-3-5-6/h1-5,7H. The van der Waals surface area contributed by atoms with Crippen molar-refractivity contribution in [3.63, 3.8) is 0 Å². The van der Waals surface area contributed by atoms with Gasteiger partial charge in [-0.3, -0.25) is 0 Å². The maximum absolute atomic E-state index is 13.1. The van der Waals surface area contributed by atoms with Gasteiger partial charge in [-0.2, -0.15) is 0 Å². The molecule has 0 aliphatic heterocycles. The van der Waals surface area contributed by atoms with Crippen molar-refractivity contribution in [1.82, 2.24) is 14.6 Å². The summed E-state index contributed by atoms with van der Waals surface area (Å²) in [6.45, 7) is 0. The zero-order valence-corrected chi connectivity index (χ0v) is 10.6. The molecular weight excluding hydrogens is 288 g/mol. The van der Waals surface area contributed by atoms with Crippen LogP contribution in [0.5, 0.6) is 0 Å². The normalized spacial score (nSPS) is 11.1. The van der Waals surface area contributed by atoms with Crippen LogP contribution in [0.3, 0.4) is 0 Å². The molecule has 0 radical (unpaired) electrons. The lowest BCUT2D eigenvalue weighted by Gasteiger charge is -2.04. The van der Waals surface area contributed by atoms with Crippen LogP contribution in [0, 0.1) is 0 Å². The van der Waals surface area contributed by atoms with E-state index in [1.807, 2.05) is 0 Å². The smallest absolute Gasteiger partial charge is 0.243 e. The Hall–Kier alpha value is -0.980. The molecule has 0 atom stereocenters. The first kappa shape index (κ1) is 12.5. The molecule has 1 aromatic heterocycles. The largest absolute Gasteiger partial charge is 0.380 e. The zero-order valence-electron chi connectivity index (χ0n) is 8.26. The first-order valence-electron chi connectivity index (χ1n) is 4.48. The molecule has 0 unspecified atom stereocenters. The number of rotatable bonds is 3. The monoisotopic (exact) mass is 293 g/mol. The summed E-state index contributed by atoms with van der Waals surface area (Å²) in [6, 6.07) is 8.55. The summed E-state index contributed by atoms with van der Waals surface area (Å²) in [6.07, 6.45) is 0. The number of thioether (sulfide) groups is 1. The second-order valence-electron chi connectivity index (χ2n) is 2.97. The van der Waals surface area contributed by atoms with Crippen LogP contribution in [0.15, 0.2) is 40.3 Å². The van der Waals surface area contributed by atoms with Crippen LogP contribution in [0.2, 0.25) is 0 Å². The van der Waals surface area contributed by atoms with E-state index < -0.39 is 9.86 Å². The third-order valence-corrected chi connectivity index (χ3v) is 3.11. The van der Waals surface area contributed by atoms with Gasteiger partial charge in [-0.15, -0.1) is 5.10 Å². The van der Waals surface area contributed by atoms with Crippen molar-refractivity contribution in [2.24, 2.45) is 0 Å². The fraction of sp³-hybridized carbons (Fsp3) is 0.111. The molecule has 0 bridgehead atoms. The van der Waals surface area contributed by atoms with Gasteiger partial charge in [0.2, 0.25) is 5.16 Å². The highest BCUT2D eigenvalue weighted by molar-refractivity contribution is 8.02. The molecule has 1 heterocycles. The van der Waals surface area contributed by atoms with Gasteiger partial charge in [-0.25, -0.2) is 9.36 Å². The van der Waals surface area contributed by atoms with Gasteiger partial charge in [0.05, 0.1) is 5.69 Å². The number of hydrogen-bond acceptors (Lipinski definition) is 3. The zero-order chi connectivity index (χ0) is 12.4. The van der Waals surface area contributed by atoms with Crippen LogP contribution < -0.4 is 5.69 Å². The molecule has 4 nitrogen and oxygen atoms in total. The van der Waals surface area contributed by atoms with Crippen LogP contribution in [-0.4, -0.2) is 18.7 Å². The molecule has 0 saturated heterocycles. The summed E-state index contributed by atoms with van der Waals surface area (Å²) >= 11 is 12.0. The van der Waals surface area contributed by atoms with Crippen LogP contribution in [0.25, 0.3) is 5.69 Å². The molecule has 8 heteroatoms. The van der Waals surface area contributed by atoms with Gasteiger partial charge in [-0.05, 0) is 28.8 Å². The molecule has 2 aromatic rings. The van der Waals surface area contributed by atoms with Crippen molar-refractivity contribution >= 4 is 35.0 Å². The molecule has 17 heavy (non-hydrogen) atoms. The highest BCUT2D eigenvalue weighted by Gasteiger charge is 2.17.